The molecule has 0 saturated carbocycles. The fraction of sp³-hybridized carbons (Fsp3) is 0.161. The van der Waals surface area contributed by atoms with Crippen molar-refractivity contribution in [3.8, 4) is 11.5 Å². The van der Waals surface area contributed by atoms with Crippen LogP contribution in [0.25, 0.3) is 10.8 Å². The predicted molar refractivity (Wildman–Crippen MR) is 153 cm³/mol. The third-order valence-corrected chi connectivity index (χ3v) is 5.75. The third kappa shape index (κ3) is 8.42. The minimum Gasteiger partial charge on any atom is -0.457 e. The molecule has 0 atom stereocenters. The summed E-state index contributed by atoms with van der Waals surface area (Å²) in [7, 11) is 0. The normalized spacial score (nSPS) is 10.4. The number of hydrogen-bond acceptors (Lipinski definition) is 6. The minimum atomic E-state index is -0.570. The van der Waals surface area contributed by atoms with Crippen LogP contribution in [-0.2, 0) is 23.9 Å². The summed E-state index contributed by atoms with van der Waals surface area (Å²) in [6, 6.07) is 27.4. The average molecular weight is 540 g/mol. The molecule has 9 heteroatoms. The maximum atomic E-state index is 12.3. The molecule has 0 bridgehead atoms. The molecule has 204 valence electrons. The van der Waals surface area contributed by atoms with Crippen LogP contribution in [0, 0.1) is 0 Å². The number of anilines is 3. The van der Waals surface area contributed by atoms with E-state index >= 15 is 0 Å². The lowest BCUT2D eigenvalue weighted by Gasteiger charge is -2.10. The Bertz CT molecular complexity index is 1490. The number of ether oxygens (including phenoxy) is 2. The Morgan fingerprint density at radius 3 is 1.95 bits per heavy atom. The standard InChI is InChI=1S/C31H29N3O6/c1-21(35)32-23-12-14-24(15-13-23)34-30(37)20-39-31(38)11-5-10-29(36)33-25-16-18-26(19-17-25)40-28-9-4-7-22-6-2-3-8-27(22)28/h2-4,6-9,12-19H,5,10-11,20H2,1H3,(H,32,35)(H,33,36)(H,34,37). The van der Waals surface area contributed by atoms with Crippen LogP contribution in [0.1, 0.15) is 26.2 Å². The van der Waals surface area contributed by atoms with E-state index in [1.807, 2.05) is 42.5 Å². The van der Waals surface area contributed by atoms with E-state index in [9.17, 15) is 19.2 Å². The highest BCUT2D eigenvalue weighted by atomic mass is 16.5. The van der Waals surface area contributed by atoms with Gasteiger partial charge in [-0.3, -0.25) is 19.2 Å². The number of amides is 3. The second-order valence-electron chi connectivity index (χ2n) is 8.97. The summed E-state index contributed by atoms with van der Waals surface area (Å²) >= 11 is 0. The van der Waals surface area contributed by atoms with E-state index in [1.54, 1.807) is 48.5 Å². The molecule has 0 fully saturated rings. The molecule has 0 aromatic heterocycles. The Morgan fingerprint density at radius 1 is 0.650 bits per heavy atom. The molecular formula is C31H29N3O6. The minimum absolute atomic E-state index is 0.00389. The summed E-state index contributed by atoms with van der Waals surface area (Å²) in [6.45, 7) is 0.963. The van der Waals surface area contributed by atoms with Gasteiger partial charge in [0.2, 0.25) is 11.8 Å². The molecule has 3 amide bonds. The lowest BCUT2D eigenvalue weighted by atomic mass is 10.1. The maximum absolute atomic E-state index is 12.3. The first-order chi connectivity index (χ1) is 19.4. The van der Waals surface area contributed by atoms with Crippen molar-refractivity contribution in [2.24, 2.45) is 0 Å². The van der Waals surface area contributed by atoms with E-state index in [2.05, 4.69) is 16.0 Å². The highest BCUT2D eigenvalue weighted by Gasteiger charge is 2.10. The van der Waals surface area contributed by atoms with Crippen LogP contribution in [-0.4, -0.2) is 30.3 Å². The lowest BCUT2D eigenvalue weighted by Crippen LogP contribution is -2.21. The zero-order valence-electron chi connectivity index (χ0n) is 21.9. The van der Waals surface area contributed by atoms with Crippen molar-refractivity contribution in [3.63, 3.8) is 0 Å². The number of esters is 1. The van der Waals surface area contributed by atoms with Crippen LogP contribution in [0.15, 0.2) is 91.0 Å². The smallest absolute Gasteiger partial charge is 0.306 e. The first-order valence-corrected chi connectivity index (χ1v) is 12.7. The van der Waals surface area contributed by atoms with E-state index < -0.39 is 18.5 Å². The van der Waals surface area contributed by atoms with Crippen molar-refractivity contribution < 1.29 is 28.7 Å². The lowest BCUT2D eigenvalue weighted by molar-refractivity contribution is -0.147. The number of fused-ring (bicyclic) bond motifs is 1. The molecule has 0 spiro atoms. The van der Waals surface area contributed by atoms with Crippen molar-refractivity contribution in [2.75, 3.05) is 22.6 Å². The largest absolute Gasteiger partial charge is 0.457 e. The summed E-state index contributed by atoms with van der Waals surface area (Å²) < 4.78 is 11.0. The fourth-order valence-electron chi connectivity index (χ4n) is 3.89. The van der Waals surface area contributed by atoms with Gasteiger partial charge in [0, 0.05) is 42.2 Å². The van der Waals surface area contributed by atoms with Crippen molar-refractivity contribution in [2.45, 2.75) is 26.2 Å². The molecule has 9 nitrogen and oxygen atoms in total. The highest BCUT2D eigenvalue weighted by Crippen LogP contribution is 2.30. The molecular weight excluding hydrogens is 510 g/mol. The number of carbonyl (C=O) groups excluding carboxylic acids is 4. The Balaban J connectivity index is 1.14. The molecule has 0 heterocycles. The first-order valence-electron chi connectivity index (χ1n) is 12.7. The van der Waals surface area contributed by atoms with Gasteiger partial charge in [0.1, 0.15) is 11.5 Å². The van der Waals surface area contributed by atoms with Gasteiger partial charge in [-0.15, -0.1) is 0 Å². The van der Waals surface area contributed by atoms with Crippen molar-refractivity contribution in [3.05, 3.63) is 91.0 Å². The summed E-state index contributed by atoms with van der Waals surface area (Å²) in [4.78, 5) is 47.3. The highest BCUT2D eigenvalue weighted by molar-refractivity contribution is 5.94. The predicted octanol–water partition coefficient (Wildman–Crippen LogP) is 5.88. The average Bonchev–Trinajstić information content (AvgIpc) is 2.94. The van der Waals surface area contributed by atoms with Gasteiger partial charge in [-0.1, -0.05) is 36.4 Å². The molecule has 0 aliphatic heterocycles. The maximum Gasteiger partial charge on any atom is 0.306 e. The van der Waals surface area contributed by atoms with Gasteiger partial charge >= 0.3 is 5.97 Å². The van der Waals surface area contributed by atoms with Crippen molar-refractivity contribution >= 4 is 51.5 Å². The van der Waals surface area contributed by atoms with E-state index in [1.165, 1.54) is 6.92 Å². The fourth-order valence-corrected chi connectivity index (χ4v) is 3.89. The SMILES string of the molecule is CC(=O)Nc1ccc(NC(=O)COC(=O)CCCC(=O)Nc2ccc(Oc3cccc4ccccc34)cc2)cc1. The topological polar surface area (TPSA) is 123 Å². The van der Waals surface area contributed by atoms with Gasteiger partial charge in [-0.25, -0.2) is 0 Å². The second-order valence-corrected chi connectivity index (χ2v) is 8.97. The Kier molecular flexibility index (Phi) is 9.44. The third-order valence-electron chi connectivity index (χ3n) is 5.75. The summed E-state index contributed by atoms with van der Waals surface area (Å²) in [5.74, 6) is -0.112. The monoisotopic (exact) mass is 539 g/mol. The van der Waals surface area contributed by atoms with Crippen LogP contribution in [0.3, 0.4) is 0 Å². The number of nitrogens with one attached hydrogen (secondary N) is 3. The molecule has 3 N–H and O–H groups in total. The van der Waals surface area contributed by atoms with E-state index in [0.717, 1.165) is 16.5 Å². The molecule has 40 heavy (non-hydrogen) atoms. The number of carbonyl (C=O) groups is 4. The van der Waals surface area contributed by atoms with Crippen LogP contribution in [0.4, 0.5) is 17.1 Å². The number of hydrogen-bond donors (Lipinski definition) is 3. The quantitative estimate of drug-likeness (QED) is 0.205. The molecule has 0 aliphatic carbocycles. The van der Waals surface area contributed by atoms with Gasteiger partial charge < -0.3 is 25.4 Å². The van der Waals surface area contributed by atoms with Crippen molar-refractivity contribution in [1.29, 1.82) is 0 Å². The summed E-state index contributed by atoms with van der Waals surface area (Å²) in [5, 5.41) is 10.1. The van der Waals surface area contributed by atoms with Gasteiger partial charge in [-0.05, 0) is 66.4 Å². The van der Waals surface area contributed by atoms with Crippen LogP contribution in [0.2, 0.25) is 0 Å². The van der Waals surface area contributed by atoms with Crippen LogP contribution in [0.5, 0.6) is 11.5 Å². The van der Waals surface area contributed by atoms with Gasteiger partial charge in [0.15, 0.2) is 6.61 Å². The van der Waals surface area contributed by atoms with Crippen LogP contribution < -0.4 is 20.7 Å². The van der Waals surface area contributed by atoms with E-state index in [4.69, 9.17) is 9.47 Å². The zero-order chi connectivity index (χ0) is 28.3. The van der Waals surface area contributed by atoms with Gasteiger partial charge in [-0.2, -0.15) is 0 Å². The zero-order valence-corrected chi connectivity index (χ0v) is 21.9. The van der Waals surface area contributed by atoms with Crippen molar-refractivity contribution in [1.82, 2.24) is 0 Å². The molecule has 4 aromatic carbocycles. The molecule has 4 aromatic rings. The molecule has 0 unspecified atom stereocenters. The number of rotatable bonds is 11. The van der Waals surface area contributed by atoms with Gasteiger partial charge in [0.25, 0.3) is 5.91 Å². The first kappa shape index (κ1) is 27.8. The van der Waals surface area contributed by atoms with E-state index in [0.29, 0.717) is 22.8 Å². The molecule has 4 rings (SSSR count). The second kappa shape index (κ2) is 13.6. The van der Waals surface area contributed by atoms with Gasteiger partial charge in [0.05, 0.1) is 0 Å². The van der Waals surface area contributed by atoms with Crippen LogP contribution >= 0.6 is 0 Å². The molecule has 0 aliphatic rings. The summed E-state index contributed by atoms with van der Waals surface area (Å²) in [6.07, 6.45) is 0.402. The number of benzene rings is 4. The van der Waals surface area contributed by atoms with E-state index in [-0.39, 0.29) is 31.1 Å². The summed E-state index contributed by atoms with van der Waals surface area (Å²) in [5.41, 5.74) is 1.71. The Hall–Kier alpha value is -5.18. The Labute approximate surface area is 231 Å². The Morgan fingerprint density at radius 2 is 1.25 bits per heavy atom. The molecule has 0 saturated heterocycles. The molecule has 0 radical (unpaired) electrons.